The third-order valence-corrected chi connectivity index (χ3v) is 5.28. The predicted octanol–water partition coefficient (Wildman–Crippen LogP) is 1.76. The lowest BCUT2D eigenvalue weighted by atomic mass is 9.95. The summed E-state index contributed by atoms with van der Waals surface area (Å²) in [6, 6.07) is 5.66. The molecule has 1 aromatic rings. The van der Waals surface area contributed by atoms with E-state index in [-0.39, 0.29) is 30.9 Å². The van der Waals surface area contributed by atoms with Gasteiger partial charge in [-0.2, -0.15) is 0 Å². The van der Waals surface area contributed by atoms with Crippen LogP contribution in [0.3, 0.4) is 0 Å². The quantitative estimate of drug-likeness (QED) is 0.849. The van der Waals surface area contributed by atoms with Gasteiger partial charge < -0.3 is 19.6 Å². The fourth-order valence-corrected chi connectivity index (χ4v) is 3.80. The highest BCUT2D eigenvalue weighted by atomic mass is 19.1. The standard InChI is InChI=1S/C19H27FN2O3/c20-17-4-6-18(7-5-17)25-14-19(24)22-11-15(16(12-22)13-23)10-21-8-2-1-3-9-21/h4-7,15-16,23H,1-3,8-14H2/t15-,16-/m1/s1. The van der Waals surface area contributed by atoms with Gasteiger partial charge in [0, 0.05) is 32.2 Å². The summed E-state index contributed by atoms with van der Waals surface area (Å²) in [5, 5.41) is 9.68. The van der Waals surface area contributed by atoms with E-state index >= 15 is 0 Å². The Morgan fingerprint density at radius 3 is 2.48 bits per heavy atom. The van der Waals surface area contributed by atoms with Crippen molar-refractivity contribution >= 4 is 5.91 Å². The van der Waals surface area contributed by atoms with E-state index < -0.39 is 0 Å². The zero-order chi connectivity index (χ0) is 17.6. The van der Waals surface area contributed by atoms with Gasteiger partial charge in [0.25, 0.3) is 5.91 Å². The van der Waals surface area contributed by atoms with Crippen LogP contribution >= 0.6 is 0 Å². The van der Waals surface area contributed by atoms with Crippen molar-refractivity contribution in [3.8, 4) is 5.75 Å². The number of piperidine rings is 1. The fourth-order valence-electron chi connectivity index (χ4n) is 3.80. The summed E-state index contributed by atoms with van der Waals surface area (Å²) in [6.07, 6.45) is 3.78. The molecule has 2 aliphatic rings. The summed E-state index contributed by atoms with van der Waals surface area (Å²) in [5.41, 5.74) is 0. The van der Waals surface area contributed by atoms with Crippen molar-refractivity contribution in [2.45, 2.75) is 19.3 Å². The molecule has 5 nitrogen and oxygen atoms in total. The molecule has 25 heavy (non-hydrogen) atoms. The first-order valence-corrected chi connectivity index (χ1v) is 9.15. The summed E-state index contributed by atoms with van der Waals surface area (Å²) in [7, 11) is 0. The third kappa shape index (κ3) is 4.92. The van der Waals surface area contributed by atoms with Gasteiger partial charge >= 0.3 is 0 Å². The third-order valence-electron chi connectivity index (χ3n) is 5.28. The van der Waals surface area contributed by atoms with Crippen LogP contribution in [0.25, 0.3) is 0 Å². The molecule has 0 radical (unpaired) electrons. The second-order valence-electron chi connectivity index (χ2n) is 7.11. The molecule has 3 rings (SSSR count). The number of likely N-dealkylation sites (tertiary alicyclic amines) is 2. The zero-order valence-electron chi connectivity index (χ0n) is 14.6. The van der Waals surface area contributed by atoms with Crippen LogP contribution in [0.15, 0.2) is 24.3 Å². The Balaban J connectivity index is 1.49. The van der Waals surface area contributed by atoms with E-state index in [0.29, 0.717) is 24.8 Å². The molecule has 0 aliphatic carbocycles. The summed E-state index contributed by atoms with van der Waals surface area (Å²) < 4.78 is 18.3. The Bertz CT molecular complexity index is 560. The van der Waals surface area contributed by atoms with Gasteiger partial charge in [0.2, 0.25) is 0 Å². The van der Waals surface area contributed by atoms with Crippen LogP contribution in [0, 0.1) is 17.7 Å². The molecule has 0 unspecified atom stereocenters. The first kappa shape index (κ1) is 18.1. The van der Waals surface area contributed by atoms with Crippen LogP contribution in [0.2, 0.25) is 0 Å². The van der Waals surface area contributed by atoms with E-state index in [0.717, 1.165) is 19.6 Å². The number of benzene rings is 1. The van der Waals surface area contributed by atoms with E-state index in [1.54, 1.807) is 4.90 Å². The number of hydrogen-bond donors (Lipinski definition) is 1. The molecule has 0 aromatic heterocycles. The number of rotatable bonds is 6. The smallest absolute Gasteiger partial charge is 0.260 e. The van der Waals surface area contributed by atoms with Gasteiger partial charge in [-0.1, -0.05) is 6.42 Å². The number of amides is 1. The Kier molecular flexibility index (Phi) is 6.26. The van der Waals surface area contributed by atoms with Gasteiger partial charge in [0.1, 0.15) is 11.6 Å². The van der Waals surface area contributed by atoms with Crippen LogP contribution in [-0.4, -0.2) is 66.8 Å². The van der Waals surface area contributed by atoms with Crippen molar-refractivity contribution in [3.63, 3.8) is 0 Å². The maximum absolute atomic E-state index is 12.9. The molecule has 2 fully saturated rings. The lowest BCUT2D eigenvalue weighted by Gasteiger charge is -2.30. The first-order chi connectivity index (χ1) is 12.2. The predicted molar refractivity (Wildman–Crippen MR) is 92.8 cm³/mol. The van der Waals surface area contributed by atoms with Crippen molar-refractivity contribution in [2.24, 2.45) is 11.8 Å². The fraction of sp³-hybridized carbons (Fsp3) is 0.632. The van der Waals surface area contributed by atoms with Gasteiger partial charge in [-0.3, -0.25) is 4.79 Å². The lowest BCUT2D eigenvalue weighted by molar-refractivity contribution is -0.132. The van der Waals surface area contributed by atoms with Gasteiger partial charge in [0.15, 0.2) is 6.61 Å². The number of carbonyl (C=O) groups excluding carboxylic acids is 1. The average molecular weight is 350 g/mol. The number of halogens is 1. The Labute approximate surface area is 148 Å². The van der Waals surface area contributed by atoms with Crippen LogP contribution < -0.4 is 4.74 Å². The molecule has 2 heterocycles. The number of hydrogen-bond acceptors (Lipinski definition) is 4. The molecule has 2 atom stereocenters. The Morgan fingerprint density at radius 2 is 1.80 bits per heavy atom. The van der Waals surface area contributed by atoms with Crippen LogP contribution in [0.1, 0.15) is 19.3 Å². The van der Waals surface area contributed by atoms with Gasteiger partial charge in [-0.05, 0) is 56.1 Å². The molecule has 0 saturated carbocycles. The Morgan fingerprint density at radius 1 is 1.12 bits per heavy atom. The van der Waals surface area contributed by atoms with E-state index in [4.69, 9.17) is 4.74 Å². The number of aliphatic hydroxyl groups excluding tert-OH is 1. The Hall–Kier alpha value is -1.66. The molecule has 2 saturated heterocycles. The molecule has 138 valence electrons. The molecular weight excluding hydrogens is 323 g/mol. The molecule has 0 bridgehead atoms. The van der Waals surface area contributed by atoms with E-state index in [1.807, 2.05) is 0 Å². The monoisotopic (exact) mass is 350 g/mol. The highest BCUT2D eigenvalue weighted by Crippen LogP contribution is 2.25. The van der Waals surface area contributed by atoms with Crippen molar-refractivity contribution in [3.05, 3.63) is 30.1 Å². The molecule has 0 spiro atoms. The van der Waals surface area contributed by atoms with Crippen molar-refractivity contribution in [2.75, 3.05) is 45.9 Å². The van der Waals surface area contributed by atoms with Gasteiger partial charge in [-0.25, -0.2) is 4.39 Å². The number of aliphatic hydroxyl groups is 1. The van der Waals surface area contributed by atoms with Crippen molar-refractivity contribution in [1.29, 1.82) is 0 Å². The van der Waals surface area contributed by atoms with Crippen molar-refractivity contribution in [1.82, 2.24) is 9.80 Å². The largest absolute Gasteiger partial charge is 0.484 e. The number of nitrogens with zero attached hydrogens (tertiary/aromatic N) is 2. The molecule has 2 aliphatic heterocycles. The minimum Gasteiger partial charge on any atom is -0.484 e. The minimum atomic E-state index is -0.329. The lowest BCUT2D eigenvalue weighted by Crippen LogP contribution is -2.38. The molecular formula is C19H27FN2O3. The van der Waals surface area contributed by atoms with Crippen molar-refractivity contribution < 1.29 is 19.0 Å². The molecule has 6 heteroatoms. The van der Waals surface area contributed by atoms with E-state index in [9.17, 15) is 14.3 Å². The van der Waals surface area contributed by atoms with Gasteiger partial charge in [0.05, 0.1) is 0 Å². The van der Waals surface area contributed by atoms with E-state index in [2.05, 4.69) is 4.90 Å². The highest BCUT2D eigenvalue weighted by Gasteiger charge is 2.35. The van der Waals surface area contributed by atoms with Gasteiger partial charge in [-0.15, -0.1) is 0 Å². The van der Waals surface area contributed by atoms with Crippen LogP contribution in [0.5, 0.6) is 5.75 Å². The van der Waals surface area contributed by atoms with Crippen LogP contribution in [0.4, 0.5) is 4.39 Å². The maximum Gasteiger partial charge on any atom is 0.260 e. The molecule has 1 N–H and O–H groups in total. The summed E-state index contributed by atoms with van der Waals surface area (Å²) in [5.74, 6) is 0.528. The second-order valence-corrected chi connectivity index (χ2v) is 7.11. The van der Waals surface area contributed by atoms with Crippen LogP contribution in [-0.2, 0) is 4.79 Å². The highest BCUT2D eigenvalue weighted by molar-refractivity contribution is 5.78. The minimum absolute atomic E-state index is 0.0553. The normalized spacial score (nSPS) is 24.5. The first-order valence-electron chi connectivity index (χ1n) is 9.15. The molecule has 1 amide bonds. The second kappa shape index (κ2) is 8.63. The summed E-state index contributed by atoms with van der Waals surface area (Å²) in [4.78, 5) is 16.7. The molecule has 1 aromatic carbocycles. The topological polar surface area (TPSA) is 53.0 Å². The summed E-state index contributed by atoms with van der Waals surface area (Å²) >= 11 is 0. The zero-order valence-corrected chi connectivity index (χ0v) is 14.6. The number of carbonyl (C=O) groups is 1. The maximum atomic E-state index is 12.9. The summed E-state index contributed by atoms with van der Waals surface area (Å²) in [6.45, 7) is 4.51. The average Bonchev–Trinajstić information content (AvgIpc) is 3.05. The number of ether oxygens (including phenoxy) is 1. The van der Waals surface area contributed by atoms with E-state index in [1.165, 1.54) is 43.5 Å². The SMILES string of the molecule is O=C(COc1ccc(F)cc1)N1C[C@@H](CN2CCCCC2)[C@@H](CO)C1.